The van der Waals surface area contributed by atoms with Crippen molar-refractivity contribution in [3.63, 3.8) is 0 Å². The van der Waals surface area contributed by atoms with Crippen LogP contribution in [0.25, 0.3) is 10.9 Å². The van der Waals surface area contributed by atoms with Gasteiger partial charge in [0.1, 0.15) is 5.60 Å². The molecule has 1 unspecified atom stereocenters. The van der Waals surface area contributed by atoms with E-state index in [0.717, 1.165) is 20.9 Å². The first kappa shape index (κ1) is 14.5. The molecule has 2 aromatic carbocycles. The first-order valence-electron chi connectivity index (χ1n) is 6.51. The van der Waals surface area contributed by atoms with Crippen molar-refractivity contribution in [2.75, 3.05) is 0 Å². The lowest BCUT2D eigenvalue weighted by Gasteiger charge is -2.26. The summed E-state index contributed by atoms with van der Waals surface area (Å²) in [4.78, 5) is 4.33. The number of pyridine rings is 1. The summed E-state index contributed by atoms with van der Waals surface area (Å²) in [6, 6.07) is 15.1. The van der Waals surface area contributed by atoms with Crippen molar-refractivity contribution in [2.24, 2.45) is 0 Å². The quantitative estimate of drug-likeness (QED) is 0.703. The van der Waals surface area contributed by atoms with Gasteiger partial charge in [0.2, 0.25) is 0 Å². The number of halogens is 2. The molecule has 0 aliphatic carbocycles. The molecule has 0 spiro atoms. The molecular formula is C17H13BrClNO. The van der Waals surface area contributed by atoms with E-state index in [4.69, 9.17) is 11.6 Å². The van der Waals surface area contributed by atoms with Gasteiger partial charge in [-0.15, -0.1) is 0 Å². The van der Waals surface area contributed by atoms with Crippen LogP contribution in [-0.4, -0.2) is 10.1 Å². The maximum Gasteiger partial charge on any atom is 0.113 e. The smallest absolute Gasteiger partial charge is 0.113 e. The molecule has 1 atom stereocenters. The number of fused-ring (bicyclic) bond motifs is 1. The van der Waals surface area contributed by atoms with Gasteiger partial charge in [-0.25, -0.2) is 0 Å². The molecule has 0 aliphatic rings. The lowest BCUT2D eigenvalue weighted by Crippen LogP contribution is -2.23. The minimum Gasteiger partial charge on any atom is -0.381 e. The number of aliphatic hydroxyl groups is 1. The highest BCUT2D eigenvalue weighted by Gasteiger charge is 2.28. The molecule has 0 bridgehead atoms. The maximum atomic E-state index is 11.0. The van der Waals surface area contributed by atoms with Gasteiger partial charge in [-0.3, -0.25) is 4.98 Å². The molecule has 0 saturated carbocycles. The molecule has 0 fully saturated rings. The molecule has 0 amide bonds. The zero-order valence-electron chi connectivity index (χ0n) is 11.3. The number of hydrogen-bond donors (Lipinski definition) is 1. The Balaban J connectivity index is 2.14. The van der Waals surface area contributed by atoms with E-state index in [9.17, 15) is 5.11 Å². The van der Waals surface area contributed by atoms with E-state index in [0.29, 0.717) is 10.6 Å². The second-order valence-electron chi connectivity index (χ2n) is 5.11. The molecule has 21 heavy (non-hydrogen) atoms. The Kier molecular flexibility index (Phi) is 3.74. The van der Waals surface area contributed by atoms with Crippen molar-refractivity contribution >= 4 is 38.4 Å². The zero-order valence-corrected chi connectivity index (χ0v) is 13.7. The summed E-state index contributed by atoms with van der Waals surface area (Å²) in [6.45, 7) is 1.74. The molecule has 3 rings (SSSR count). The van der Waals surface area contributed by atoms with Crippen LogP contribution in [-0.2, 0) is 5.60 Å². The van der Waals surface area contributed by atoms with Crippen LogP contribution in [0.15, 0.2) is 59.2 Å². The Morgan fingerprint density at radius 3 is 2.71 bits per heavy atom. The topological polar surface area (TPSA) is 33.1 Å². The minimum atomic E-state index is -1.18. The van der Waals surface area contributed by atoms with Crippen LogP contribution < -0.4 is 0 Å². The Morgan fingerprint density at radius 1 is 1.14 bits per heavy atom. The van der Waals surface area contributed by atoms with E-state index < -0.39 is 5.60 Å². The van der Waals surface area contributed by atoms with Gasteiger partial charge in [0.15, 0.2) is 0 Å². The highest BCUT2D eigenvalue weighted by atomic mass is 79.9. The average molecular weight is 363 g/mol. The highest BCUT2D eigenvalue weighted by molar-refractivity contribution is 9.10. The fraction of sp³-hybridized carbons (Fsp3) is 0.118. The fourth-order valence-electron chi connectivity index (χ4n) is 2.41. The van der Waals surface area contributed by atoms with Crippen molar-refractivity contribution in [1.29, 1.82) is 0 Å². The molecule has 106 valence electrons. The summed E-state index contributed by atoms with van der Waals surface area (Å²) >= 11 is 9.65. The molecular weight excluding hydrogens is 350 g/mol. The van der Waals surface area contributed by atoms with E-state index in [1.54, 1.807) is 19.2 Å². The molecule has 0 aliphatic heterocycles. The van der Waals surface area contributed by atoms with Crippen molar-refractivity contribution in [3.8, 4) is 0 Å². The van der Waals surface area contributed by atoms with Crippen LogP contribution in [0.3, 0.4) is 0 Å². The number of aromatic nitrogens is 1. The van der Waals surface area contributed by atoms with E-state index in [1.165, 1.54) is 0 Å². The van der Waals surface area contributed by atoms with Gasteiger partial charge in [-0.05, 0) is 36.8 Å². The summed E-state index contributed by atoms with van der Waals surface area (Å²) in [5, 5.41) is 12.5. The monoisotopic (exact) mass is 361 g/mol. The molecule has 0 radical (unpaired) electrons. The van der Waals surface area contributed by atoms with Gasteiger partial charge in [-0.2, -0.15) is 0 Å². The van der Waals surface area contributed by atoms with Gasteiger partial charge in [-0.1, -0.05) is 51.8 Å². The fourth-order valence-corrected chi connectivity index (χ4v) is 3.27. The van der Waals surface area contributed by atoms with E-state index in [2.05, 4.69) is 20.9 Å². The maximum absolute atomic E-state index is 11.0. The SMILES string of the molecule is CC(O)(c1ccc2cccnc2c1)c1ccc(Br)cc1Cl. The third-order valence-corrected chi connectivity index (χ3v) is 4.43. The van der Waals surface area contributed by atoms with Gasteiger partial charge >= 0.3 is 0 Å². The predicted octanol–water partition coefficient (Wildman–Crippen LogP) is 4.91. The third kappa shape index (κ3) is 2.69. The first-order chi connectivity index (χ1) is 9.98. The second-order valence-corrected chi connectivity index (χ2v) is 6.43. The summed E-state index contributed by atoms with van der Waals surface area (Å²) in [7, 11) is 0. The van der Waals surface area contributed by atoms with Crippen LogP contribution in [0, 0.1) is 0 Å². The molecule has 2 nitrogen and oxygen atoms in total. The largest absolute Gasteiger partial charge is 0.381 e. The van der Waals surface area contributed by atoms with Crippen molar-refractivity contribution in [2.45, 2.75) is 12.5 Å². The van der Waals surface area contributed by atoms with Crippen molar-refractivity contribution in [3.05, 3.63) is 75.4 Å². The van der Waals surface area contributed by atoms with Gasteiger partial charge in [0.25, 0.3) is 0 Å². The molecule has 1 N–H and O–H groups in total. The molecule has 1 heterocycles. The third-order valence-electron chi connectivity index (χ3n) is 3.62. The molecule has 1 aromatic heterocycles. The highest BCUT2D eigenvalue weighted by Crippen LogP contribution is 2.36. The van der Waals surface area contributed by atoms with Gasteiger partial charge < -0.3 is 5.11 Å². The second kappa shape index (κ2) is 5.41. The molecule has 0 saturated heterocycles. The minimum absolute atomic E-state index is 0.524. The van der Waals surface area contributed by atoms with Crippen LogP contribution in [0.5, 0.6) is 0 Å². The molecule has 4 heteroatoms. The van der Waals surface area contributed by atoms with Crippen LogP contribution in [0.4, 0.5) is 0 Å². The lowest BCUT2D eigenvalue weighted by molar-refractivity contribution is 0.102. The van der Waals surface area contributed by atoms with Crippen molar-refractivity contribution in [1.82, 2.24) is 4.98 Å². The van der Waals surface area contributed by atoms with E-state index >= 15 is 0 Å². The Labute approximate surface area is 136 Å². The van der Waals surface area contributed by atoms with Gasteiger partial charge in [0, 0.05) is 26.6 Å². The number of nitrogens with zero attached hydrogens (tertiary/aromatic N) is 1. The normalized spacial score (nSPS) is 14.1. The van der Waals surface area contributed by atoms with Crippen molar-refractivity contribution < 1.29 is 5.11 Å². The van der Waals surface area contributed by atoms with Crippen LogP contribution >= 0.6 is 27.5 Å². The number of benzene rings is 2. The Bertz CT molecular complexity index is 817. The van der Waals surface area contributed by atoms with Crippen LogP contribution in [0.2, 0.25) is 5.02 Å². The average Bonchev–Trinajstić information content (AvgIpc) is 2.46. The summed E-state index contributed by atoms with van der Waals surface area (Å²) in [6.07, 6.45) is 1.74. The van der Waals surface area contributed by atoms with E-state index in [1.807, 2.05) is 42.5 Å². The van der Waals surface area contributed by atoms with Gasteiger partial charge in [0.05, 0.1) is 5.52 Å². The number of hydrogen-bond acceptors (Lipinski definition) is 2. The lowest BCUT2D eigenvalue weighted by atomic mass is 9.87. The Morgan fingerprint density at radius 2 is 1.95 bits per heavy atom. The predicted molar refractivity (Wildman–Crippen MR) is 89.6 cm³/mol. The summed E-state index contributed by atoms with van der Waals surface area (Å²) in [5.74, 6) is 0. The van der Waals surface area contributed by atoms with Crippen LogP contribution in [0.1, 0.15) is 18.1 Å². The molecule has 3 aromatic rings. The zero-order chi connectivity index (χ0) is 15.0. The summed E-state index contributed by atoms with van der Waals surface area (Å²) in [5.41, 5.74) is 1.10. The summed E-state index contributed by atoms with van der Waals surface area (Å²) < 4.78 is 0.882. The Hall–Kier alpha value is -1.42. The number of rotatable bonds is 2. The van der Waals surface area contributed by atoms with E-state index in [-0.39, 0.29) is 0 Å². The first-order valence-corrected chi connectivity index (χ1v) is 7.69. The standard InChI is InChI=1S/C17H13BrClNO/c1-17(21,14-7-6-13(18)10-15(14)19)12-5-4-11-3-2-8-20-16(11)9-12/h2-10,21H,1H3.